The standard InChI is InChI=1S/C11H22N2O/c1-9(12)8-13-11(14)10-6-4-2-3-5-7-10/h9-10H,2-8,12H2,1H3,(H,13,14). The van der Waals surface area contributed by atoms with Crippen molar-refractivity contribution in [2.24, 2.45) is 11.7 Å². The molecule has 0 aliphatic heterocycles. The molecule has 3 N–H and O–H groups in total. The fraction of sp³-hybridized carbons (Fsp3) is 0.909. The molecule has 1 rings (SSSR count). The van der Waals surface area contributed by atoms with Crippen LogP contribution < -0.4 is 11.1 Å². The molecule has 1 unspecified atom stereocenters. The summed E-state index contributed by atoms with van der Waals surface area (Å²) in [6.07, 6.45) is 7.11. The van der Waals surface area contributed by atoms with Crippen LogP contribution in [-0.2, 0) is 4.79 Å². The average molecular weight is 198 g/mol. The van der Waals surface area contributed by atoms with E-state index in [-0.39, 0.29) is 17.9 Å². The second-order valence-electron chi connectivity index (χ2n) is 4.41. The van der Waals surface area contributed by atoms with Crippen molar-refractivity contribution in [3.63, 3.8) is 0 Å². The zero-order chi connectivity index (χ0) is 10.4. The fourth-order valence-electron chi connectivity index (χ4n) is 1.95. The van der Waals surface area contributed by atoms with E-state index in [9.17, 15) is 4.79 Å². The first-order chi connectivity index (χ1) is 6.70. The third-order valence-electron chi connectivity index (χ3n) is 2.82. The summed E-state index contributed by atoms with van der Waals surface area (Å²) < 4.78 is 0. The highest BCUT2D eigenvalue weighted by Gasteiger charge is 2.19. The molecule has 82 valence electrons. The minimum absolute atomic E-state index is 0.0599. The zero-order valence-corrected chi connectivity index (χ0v) is 9.09. The number of nitrogens with one attached hydrogen (secondary N) is 1. The van der Waals surface area contributed by atoms with E-state index in [0.29, 0.717) is 6.54 Å². The van der Waals surface area contributed by atoms with Gasteiger partial charge in [0.2, 0.25) is 5.91 Å². The molecule has 1 aliphatic carbocycles. The zero-order valence-electron chi connectivity index (χ0n) is 9.09. The Morgan fingerprint density at radius 2 is 1.93 bits per heavy atom. The molecule has 0 spiro atoms. The highest BCUT2D eigenvalue weighted by atomic mass is 16.1. The van der Waals surface area contributed by atoms with Gasteiger partial charge in [-0.3, -0.25) is 4.79 Å². The van der Waals surface area contributed by atoms with E-state index in [1.54, 1.807) is 0 Å². The third-order valence-corrected chi connectivity index (χ3v) is 2.82. The van der Waals surface area contributed by atoms with Gasteiger partial charge in [0.25, 0.3) is 0 Å². The molecule has 0 heterocycles. The van der Waals surface area contributed by atoms with Crippen molar-refractivity contribution in [1.82, 2.24) is 5.32 Å². The van der Waals surface area contributed by atoms with Crippen LogP contribution in [0.4, 0.5) is 0 Å². The molecule has 3 heteroatoms. The second-order valence-corrected chi connectivity index (χ2v) is 4.41. The molecule has 0 aromatic carbocycles. The van der Waals surface area contributed by atoms with Crippen molar-refractivity contribution in [2.75, 3.05) is 6.54 Å². The summed E-state index contributed by atoms with van der Waals surface area (Å²) in [5.74, 6) is 0.459. The molecule has 0 bridgehead atoms. The molecule has 1 saturated carbocycles. The van der Waals surface area contributed by atoms with E-state index in [1.807, 2.05) is 6.92 Å². The Labute approximate surface area is 86.4 Å². The van der Waals surface area contributed by atoms with Crippen molar-refractivity contribution in [2.45, 2.75) is 51.5 Å². The molecule has 14 heavy (non-hydrogen) atoms. The van der Waals surface area contributed by atoms with E-state index in [4.69, 9.17) is 5.73 Å². The van der Waals surface area contributed by atoms with Crippen LogP contribution in [0.15, 0.2) is 0 Å². The van der Waals surface area contributed by atoms with Crippen LogP contribution in [-0.4, -0.2) is 18.5 Å². The molecule has 0 aromatic rings. The first-order valence-electron chi connectivity index (χ1n) is 5.73. The number of hydrogen-bond acceptors (Lipinski definition) is 2. The summed E-state index contributed by atoms with van der Waals surface area (Å²) in [6.45, 7) is 2.52. The SMILES string of the molecule is CC(N)CNC(=O)C1CCCCCC1. The summed E-state index contributed by atoms with van der Waals surface area (Å²) in [4.78, 5) is 11.7. The van der Waals surface area contributed by atoms with Crippen LogP contribution in [0, 0.1) is 5.92 Å². The van der Waals surface area contributed by atoms with Gasteiger partial charge < -0.3 is 11.1 Å². The van der Waals surface area contributed by atoms with Crippen LogP contribution in [0.3, 0.4) is 0 Å². The number of carbonyl (C=O) groups excluding carboxylic acids is 1. The molecule has 1 amide bonds. The van der Waals surface area contributed by atoms with Crippen LogP contribution in [0.5, 0.6) is 0 Å². The lowest BCUT2D eigenvalue weighted by Gasteiger charge is -2.15. The number of nitrogens with two attached hydrogens (primary N) is 1. The summed E-state index contributed by atoms with van der Waals surface area (Å²) in [7, 11) is 0. The van der Waals surface area contributed by atoms with E-state index in [2.05, 4.69) is 5.32 Å². The lowest BCUT2D eigenvalue weighted by molar-refractivity contribution is -0.125. The molecule has 0 radical (unpaired) electrons. The van der Waals surface area contributed by atoms with Gasteiger partial charge in [0, 0.05) is 18.5 Å². The van der Waals surface area contributed by atoms with Crippen molar-refractivity contribution in [3.05, 3.63) is 0 Å². The van der Waals surface area contributed by atoms with E-state index >= 15 is 0 Å². The molecule has 0 aromatic heterocycles. The molecule has 3 nitrogen and oxygen atoms in total. The number of amides is 1. The summed E-state index contributed by atoms with van der Waals surface area (Å²) in [5.41, 5.74) is 5.59. The maximum absolute atomic E-state index is 11.7. The van der Waals surface area contributed by atoms with Crippen LogP contribution in [0.25, 0.3) is 0 Å². The fourth-order valence-corrected chi connectivity index (χ4v) is 1.95. The van der Waals surface area contributed by atoms with Gasteiger partial charge in [0.05, 0.1) is 0 Å². The smallest absolute Gasteiger partial charge is 0.223 e. The maximum Gasteiger partial charge on any atom is 0.223 e. The van der Waals surface area contributed by atoms with Gasteiger partial charge in [-0.15, -0.1) is 0 Å². The Morgan fingerprint density at radius 3 is 2.43 bits per heavy atom. The molecule has 1 aliphatic rings. The van der Waals surface area contributed by atoms with Gasteiger partial charge in [-0.05, 0) is 19.8 Å². The van der Waals surface area contributed by atoms with Crippen molar-refractivity contribution < 1.29 is 4.79 Å². The third kappa shape index (κ3) is 4.09. The Morgan fingerprint density at radius 1 is 1.36 bits per heavy atom. The van der Waals surface area contributed by atoms with E-state index in [1.165, 1.54) is 25.7 Å². The van der Waals surface area contributed by atoms with Gasteiger partial charge >= 0.3 is 0 Å². The summed E-state index contributed by atoms with van der Waals surface area (Å²) in [5, 5.41) is 2.92. The minimum Gasteiger partial charge on any atom is -0.354 e. The normalized spacial score (nSPS) is 21.3. The summed E-state index contributed by atoms with van der Waals surface area (Å²) in [6, 6.07) is 0.0599. The molecular weight excluding hydrogens is 176 g/mol. The van der Waals surface area contributed by atoms with Crippen LogP contribution >= 0.6 is 0 Å². The largest absolute Gasteiger partial charge is 0.354 e. The predicted octanol–water partition coefficient (Wildman–Crippen LogP) is 1.42. The quantitative estimate of drug-likeness (QED) is 0.674. The van der Waals surface area contributed by atoms with E-state index < -0.39 is 0 Å². The summed E-state index contributed by atoms with van der Waals surface area (Å²) >= 11 is 0. The van der Waals surface area contributed by atoms with Gasteiger partial charge in [-0.25, -0.2) is 0 Å². The second kappa shape index (κ2) is 6.02. The van der Waals surface area contributed by atoms with E-state index in [0.717, 1.165) is 12.8 Å². The first-order valence-corrected chi connectivity index (χ1v) is 5.73. The Bertz CT molecular complexity index is 172. The maximum atomic E-state index is 11.7. The molecular formula is C11H22N2O. The molecule has 0 saturated heterocycles. The number of rotatable bonds is 3. The van der Waals surface area contributed by atoms with Crippen LogP contribution in [0.2, 0.25) is 0 Å². The lowest BCUT2D eigenvalue weighted by Crippen LogP contribution is -2.38. The Kier molecular flexibility index (Phi) is 4.94. The van der Waals surface area contributed by atoms with Gasteiger partial charge in [0.15, 0.2) is 0 Å². The van der Waals surface area contributed by atoms with Crippen molar-refractivity contribution in [1.29, 1.82) is 0 Å². The lowest BCUT2D eigenvalue weighted by atomic mass is 9.99. The highest BCUT2D eigenvalue weighted by Crippen LogP contribution is 2.22. The van der Waals surface area contributed by atoms with Crippen LogP contribution in [0.1, 0.15) is 45.4 Å². The van der Waals surface area contributed by atoms with Gasteiger partial charge in [-0.1, -0.05) is 25.7 Å². The number of carbonyl (C=O) groups is 1. The molecule has 1 fully saturated rings. The predicted molar refractivity (Wildman–Crippen MR) is 57.9 cm³/mol. The highest BCUT2D eigenvalue weighted by molar-refractivity contribution is 5.78. The Hall–Kier alpha value is -0.570. The average Bonchev–Trinajstić information content (AvgIpc) is 2.42. The van der Waals surface area contributed by atoms with Crippen molar-refractivity contribution >= 4 is 5.91 Å². The Balaban J connectivity index is 2.27. The van der Waals surface area contributed by atoms with Crippen molar-refractivity contribution in [3.8, 4) is 0 Å². The topological polar surface area (TPSA) is 55.1 Å². The monoisotopic (exact) mass is 198 g/mol. The minimum atomic E-state index is 0.0599. The van der Waals surface area contributed by atoms with Gasteiger partial charge in [-0.2, -0.15) is 0 Å². The number of hydrogen-bond donors (Lipinski definition) is 2. The first kappa shape index (κ1) is 11.5. The molecule has 1 atom stereocenters. The van der Waals surface area contributed by atoms with Gasteiger partial charge in [0.1, 0.15) is 0 Å².